The summed E-state index contributed by atoms with van der Waals surface area (Å²) in [5.74, 6) is 1.74. The number of carbonyl (C=O) groups excluding carboxylic acids is 1. The fraction of sp³-hybridized carbons (Fsp3) is 0.444. The van der Waals surface area contributed by atoms with Crippen LogP contribution in [0.2, 0.25) is 0 Å². The number of pyridine rings is 1. The second kappa shape index (κ2) is 6.66. The molecule has 2 amide bonds. The number of nitrogens with one attached hydrogen (secondary N) is 1. The standard InChI is InChI=1S/C18H22N6O/c19-18(25)21-12-7-10-24(11-8-12)17-13-4-3-6-14(13)22-16(23-17)15-5-1-2-9-20-15/h1-2,5,9,12H,3-4,6-8,10-11H2,(H3,19,21,25). The molecule has 0 saturated carbocycles. The average Bonchev–Trinajstić information content (AvgIpc) is 3.10. The van der Waals surface area contributed by atoms with Crippen molar-refractivity contribution in [1.29, 1.82) is 0 Å². The molecule has 0 bridgehead atoms. The Kier molecular flexibility index (Phi) is 4.21. The van der Waals surface area contributed by atoms with Gasteiger partial charge in [0.2, 0.25) is 0 Å². The summed E-state index contributed by atoms with van der Waals surface area (Å²) >= 11 is 0. The highest BCUT2D eigenvalue weighted by atomic mass is 16.2. The van der Waals surface area contributed by atoms with E-state index in [0.29, 0.717) is 5.82 Å². The molecule has 7 nitrogen and oxygen atoms in total. The molecule has 130 valence electrons. The molecule has 3 heterocycles. The van der Waals surface area contributed by atoms with E-state index in [9.17, 15) is 4.79 Å². The number of aryl methyl sites for hydroxylation is 1. The van der Waals surface area contributed by atoms with E-state index in [-0.39, 0.29) is 6.04 Å². The number of rotatable bonds is 3. The largest absolute Gasteiger partial charge is 0.356 e. The van der Waals surface area contributed by atoms with Gasteiger partial charge in [-0.15, -0.1) is 0 Å². The van der Waals surface area contributed by atoms with E-state index in [1.165, 1.54) is 5.56 Å². The minimum Gasteiger partial charge on any atom is -0.356 e. The van der Waals surface area contributed by atoms with Crippen LogP contribution in [0.25, 0.3) is 11.5 Å². The van der Waals surface area contributed by atoms with Gasteiger partial charge in [0.1, 0.15) is 11.5 Å². The molecular weight excluding hydrogens is 316 g/mol. The lowest BCUT2D eigenvalue weighted by molar-refractivity contribution is 0.242. The lowest BCUT2D eigenvalue weighted by Crippen LogP contribution is -2.46. The number of urea groups is 1. The molecule has 2 aromatic rings. The lowest BCUT2D eigenvalue weighted by Gasteiger charge is -2.34. The van der Waals surface area contributed by atoms with Crippen molar-refractivity contribution in [3.63, 3.8) is 0 Å². The van der Waals surface area contributed by atoms with Crippen molar-refractivity contribution in [3.8, 4) is 11.5 Å². The molecule has 0 unspecified atom stereocenters. The van der Waals surface area contributed by atoms with Crippen molar-refractivity contribution in [2.75, 3.05) is 18.0 Å². The predicted octanol–water partition coefficient (Wildman–Crippen LogP) is 1.66. The summed E-state index contributed by atoms with van der Waals surface area (Å²) in [6, 6.07) is 5.51. The van der Waals surface area contributed by atoms with E-state index in [2.05, 4.69) is 15.2 Å². The van der Waals surface area contributed by atoms with Crippen LogP contribution in [0.4, 0.5) is 10.6 Å². The number of aromatic nitrogens is 3. The number of hydrogen-bond acceptors (Lipinski definition) is 5. The topological polar surface area (TPSA) is 97.0 Å². The fourth-order valence-corrected chi connectivity index (χ4v) is 3.72. The molecule has 1 fully saturated rings. The molecule has 1 aliphatic carbocycles. The van der Waals surface area contributed by atoms with Gasteiger partial charge in [-0.25, -0.2) is 14.8 Å². The molecule has 7 heteroatoms. The Morgan fingerprint density at radius 3 is 2.76 bits per heavy atom. The molecule has 1 aliphatic heterocycles. The van der Waals surface area contributed by atoms with Gasteiger partial charge < -0.3 is 16.0 Å². The van der Waals surface area contributed by atoms with Crippen molar-refractivity contribution >= 4 is 11.8 Å². The SMILES string of the molecule is NC(=O)NC1CCN(c2nc(-c3ccccn3)nc3c2CCC3)CC1. The van der Waals surface area contributed by atoms with Crippen molar-refractivity contribution < 1.29 is 4.79 Å². The van der Waals surface area contributed by atoms with Crippen LogP contribution in [0.1, 0.15) is 30.5 Å². The number of nitrogens with two attached hydrogens (primary N) is 1. The molecule has 25 heavy (non-hydrogen) atoms. The number of piperidine rings is 1. The van der Waals surface area contributed by atoms with Crippen molar-refractivity contribution in [2.24, 2.45) is 5.73 Å². The second-order valence-electron chi connectivity index (χ2n) is 6.63. The zero-order chi connectivity index (χ0) is 17.2. The van der Waals surface area contributed by atoms with Gasteiger partial charge in [0.15, 0.2) is 5.82 Å². The lowest BCUT2D eigenvalue weighted by atomic mass is 10.0. The first-order valence-corrected chi connectivity index (χ1v) is 8.83. The summed E-state index contributed by atoms with van der Waals surface area (Å²) in [4.78, 5) is 27.4. The van der Waals surface area contributed by atoms with Crippen molar-refractivity contribution in [1.82, 2.24) is 20.3 Å². The van der Waals surface area contributed by atoms with Gasteiger partial charge in [-0.05, 0) is 44.2 Å². The Hall–Kier alpha value is -2.70. The maximum Gasteiger partial charge on any atom is 0.312 e. The first-order chi connectivity index (χ1) is 12.2. The van der Waals surface area contributed by atoms with Gasteiger partial charge in [-0.1, -0.05) is 6.07 Å². The smallest absolute Gasteiger partial charge is 0.312 e. The molecule has 1 saturated heterocycles. The van der Waals surface area contributed by atoms with E-state index in [1.807, 2.05) is 18.2 Å². The highest BCUT2D eigenvalue weighted by Crippen LogP contribution is 2.32. The predicted molar refractivity (Wildman–Crippen MR) is 95.2 cm³/mol. The summed E-state index contributed by atoms with van der Waals surface area (Å²) in [6.07, 6.45) is 6.69. The van der Waals surface area contributed by atoms with Crippen LogP contribution >= 0.6 is 0 Å². The molecule has 3 N–H and O–H groups in total. The van der Waals surface area contributed by atoms with E-state index >= 15 is 0 Å². The van der Waals surface area contributed by atoms with Crippen LogP contribution in [0, 0.1) is 0 Å². The Balaban J connectivity index is 1.61. The number of primary amides is 1. The number of anilines is 1. The Bertz CT molecular complexity index is 771. The van der Waals surface area contributed by atoms with Gasteiger partial charge in [-0.3, -0.25) is 4.98 Å². The molecule has 0 aromatic carbocycles. The minimum atomic E-state index is -0.446. The normalized spacial score (nSPS) is 17.4. The molecular formula is C18H22N6O. The van der Waals surface area contributed by atoms with Crippen LogP contribution in [0.15, 0.2) is 24.4 Å². The zero-order valence-electron chi connectivity index (χ0n) is 14.1. The number of amides is 2. The molecule has 2 aliphatic rings. The van der Waals surface area contributed by atoms with Crippen molar-refractivity contribution in [2.45, 2.75) is 38.1 Å². The number of nitrogens with zero attached hydrogens (tertiary/aromatic N) is 4. The van der Waals surface area contributed by atoms with E-state index in [1.54, 1.807) is 6.20 Å². The minimum absolute atomic E-state index is 0.152. The number of hydrogen-bond donors (Lipinski definition) is 2. The Labute approximate surface area is 146 Å². The van der Waals surface area contributed by atoms with Gasteiger partial charge in [0.25, 0.3) is 0 Å². The maximum absolute atomic E-state index is 11.0. The first kappa shape index (κ1) is 15.8. The summed E-state index contributed by atoms with van der Waals surface area (Å²) in [5.41, 5.74) is 8.48. The van der Waals surface area contributed by atoms with E-state index in [4.69, 9.17) is 15.7 Å². The zero-order valence-corrected chi connectivity index (χ0v) is 14.1. The van der Waals surface area contributed by atoms with Crippen LogP contribution in [0.5, 0.6) is 0 Å². The van der Waals surface area contributed by atoms with Crippen LogP contribution < -0.4 is 16.0 Å². The number of fused-ring (bicyclic) bond motifs is 1. The Morgan fingerprint density at radius 1 is 1.20 bits per heavy atom. The van der Waals surface area contributed by atoms with Gasteiger partial charge in [-0.2, -0.15) is 0 Å². The third-order valence-corrected chi connectivity index (χ3v) is 4.95. The molecule has 0 spiro atoms. The summed E-state index contributed by atoms with van der Waals surface area (Å²) < 4.78 is 0. The van der Waals surface area contributed by atoms with E-state index in [0.717, 1.165) is 62.4 Å². The molecule has 0 atom stereocenters. The number of carbonyl (C=O) groups is 1. The van der Waals surface area contributed by atoms with Crippen LogP contribution in [-0.4, -0.2) is 40.1 Å². The second-order valence-corrected chi connectivity index (χ2v) is 6.63. The van der Waals surface area contributed by atoms with Crippen LogP contribution in [-0.2, 0) is 12.8 Å². The van der Waals surface area contributed by atoms with Crippen LogP contribution in [0.3, 0.4) is 0 Å². The van der Waals surface area contributed by atoms with E-state index < -0.39 is 6.03 Å². The van der Waals surface area contributed by atoms with Crippen molar-refractivity contribution in [3.05, 3.63) is 35.7 Å². The van der Waals surface area contributed by atoms with Gasteiger partial charge in [0.05, 0.1) is 0 Å². The highest BCUT2D eigenvalue weighted by Gasteiger charge is 2.27. The maximum atomic E-state index is 11.0. The van der Waals surface area contributed by atoms with Gasteiger partial charge in [0, 0.05) is 36.6 Å². The Morgan fingerprint density at radius 2 is 2.04 bits per heavy atom. The summed E-state index contributed by atoms with van der Waals surface area (Å²) in [5, 5.41) is 2.81. The average molecular weight is 338 g/mol. The third kappa shape index (κ3) is 3.26. The third-order valence-electron chi connectivity index (χ3n) is 4.95. The summed E-state index contributed by atoms with van der Waals surface area (Å²) in [6.45, 7) is 1.71. The first-order valence-electron chi connectivity index (χ1n) is 8.83. The summed E-state index contributed by atoms with van der Waals surface area (Å²) in [7, 11) is 0. The quantitative estimate of drug-likeness (QED) is 0.887. The molecule has 4 rings (SSSR count). The fourth-order valence-electron chi connectivity index (χ4n) is 3.72. The van der Waals surface area contributed by atoms with Gasteiger partial charge >= 0.3 is 6.03 Å². The molecule has 2 aromatic heterocycles. The monoisotopic (exact) mass is 338 g/mol. The molecule has 0 radical (unpaired) electrons. The highest BCUT2D eigenvalue weighted by molar-refractivity contribution is 5.72.